The minimum Gasteiger partial charge on any atom is -0.300 e. The fourth-order valence-electron chi connectivity index (χ4n) is 3.88. The Balaban J connectivity index is 1.22. The summed E-state index contributed by atoms with van der Waals surface area (Å²) in [6.45, 7) is 1.85. The monoisotopic (exact) mass is 541 g/mol. The number of amides is 2. The summed E-state index contributed by atoms with van der Waals surface area (Å²) in [7, 11) is -3.93. The van der Waals surface area contributed by atoms with Crippen LogP contribution in [-0.2, 0) is 26.0 Å². The first-order valence-corrected chi connectivity index (χ1v) is 14.0. The van der Waals surface area contributed by atoms with Crippen LogP contribution < -0.4 is 10.0 Å². The van der Waals surface area contributed by atoms with Gasteiger partial charge in [-0.2, -0.15) is 0 Å². The molecule has 0 unspecified atom stereocenters. The van der Waals surface area contributed by atoms with Crippen LogP contribution in [0.4, 0.5) is 5.69 Å². The number of aryl methyl sites for hydroxylation is 1. The second-order valence-electron chi connectivity index (χ2n) is 8.77. The summed E-state index contributed by atoms with van der Waals surface area (Å²) < 4.78 is 27.0. The van der Waals surface area contributed by atoms with Crippen LogP contribution in [0.3, 0.4) is 0 Å². The van der Waals surface area contributed by atoms with Crippen LogP contribution in [0.15, 0.2) is 106 Å². The largest absolute Gasteiger partial charge is 0.300 e. The van der Waals surface area contributed by atoms with Crippen LogP contribution in [0.25, 0.3) is 16.8 Å². The first-order valence-electron chi connectivity index (χ1n) is 11.7. The van der Waals surface area contributed by atoms with Gasteiger partial charge >= 0.3 is 0 Å². The Kier molecular flexibility index (Phi) is 7.13. The zero-order valence-corrected chi connectivity index (χ0v) is 22.0. The van der Waals surface area contributed by atoms with Gasteiger partial charge in [-0.15, -0.1) is 0 Å². The van der Waals surface area contributed by atoms with E-state index in [4.69, 9.17) is 0 Å². The SMILES string of the molecule is Cc1ccc(S(=O)(=O)NC(=O)Cc2ccc(N=C3NC(=O)/C(=C/c4ccc5ccccc5c4)S3)cc2)cc1. The van der Waals surface area contributed by atoms with Crippen molar-refractivity contribution in [1.82, 2.24) is 10.0 Å². The van der Waals surface area contributed by atoms with Gasteiger partial charge in [0.2, 0.25) is 5.91 Å². The third kappa shape index (κ3) is 6.01. The molecule has 4 aromatic carbocycles. The van der Waals surface area contributed by atoms with Crippen LogP contribution in [0, 0.1) is 6.92 Å². The van der Waals surface area contributed by atoms with Crippen LogP contribution in [0.2, 0.25) is 0 Å². The zero-order chi connectivity index (χ0) is 26.7. The van der Waals surface area contributed by atoms with E-state index in [1.165, 1.54) is 23.9 Å². The van der Waals surface area contributed by atoms with Crippen molar-refractivity contribution in [3.8, 4) is 0 Å². The van der Waals surface area contributed by atoms with Crippen molar-refractivity contribution in [2.24, 2.45) is 4.99 Å². The Labute approximate surface area is 224 Å². The summed E-state index contributed by atoms with van der Waals surface area (Å²) >= 11 is 1.25. The molecule has 38 heavy (non-hydrogen) atoms. The summed E-state index contributed by atoms with van der Waals surface area (Å²) in [5.74, 6) is -0.850. The van der Waals surface area contributed by atoms with E-state index < -0.39 is 15.9 Å². The standard InChI is InChI=1S/C29H23N3O4S2/c1-19-6-14-25(15-7-19)38(35,36)32-27(33)18-20-9-12-24(13-10-20)30-29-31-28(34)26(37-29)17-21-8-11-22-4-2-3-5-23(22)16-21/h2-17H,18H2,1H3,(H,32,33)(H,30,31,34)/b26-17-. The number of benzene rings is 4. The van der Waals surface area contributed by atoms with Gasteiger partial charge in [-0.1, -0.05) is 66.2 Å². The molecule has 1 aliphatic heterocycles. The Morgan fingerprint density at radius 2 is 1.66 bits per heavy atom. The van der Waals surface area contributed by atoms with Gasteiger partial charge in [-0.05, 0) is 77.0 Å². The predicted octanol–water partition coefficient (Wildman–Crippen LogP) is 5.09. The Morgan fingerprint density at radius 3 is 2.39 bits per heavy atom. The second-order valence-corrected chi connectivity index (χ2v) is 11.5. The van der Waals surface area contributed by atoms with Gasteiger partial charge in [0.1, 0.15) is 0 Å². The van der Waals surface area contributed by atoms with Crippen molar-refractivity contribution in [2.75, 3.05) is 0 Å². The summed E-state index contributed by atoms with van der Waals surface area (Å²) in [5, 5.41) is 5.46. The molecule has 0 saturated carbocycles. The molecule has 0 aromatic heterocycles. The summed E-state index contributed by atoms with van der Waals surface area (Å²) in [5.41, 5.74) is 3.07. The number of carbonyl (C=O) groups excluding carboxylic acids is 2. The highest BCUT2D eigenvalue weighted by Crippen LogP contribution is 2.29. The lowest BCUT2D eigenvalue weighted by molar-refractivity contribution is -0.118. The number of nitrogens with one attached hydrogen (secondary N) is 2. The van der Waals surface area contributed by atoms with Crippen LogP contribution in [0.1, 0.15) is 16.7 Å². The molecule has 0 atom stereocenters. The number of fused-ring (bicyclic) bond motifs is 1. The van der Waals surface area contributed by atoms with Crippen molar-refractivity contribution < 1.29 is 18.0 Å². The quantitative estimate of drug-likeness (QED) is 0.331. The van der Waals surface area contributed by atoms with E-state index in [0.717, 1.165) is 21.9 Å². The van der Waals surface area contributed by atoms with Crippen molar-refractivity contribution >= 4 is 61.3 Å². The minimum absolute atomic E-state index is 0.0350. The van der Waals surface area contributed by atoms with Crippen LogP contribution in [0.5, 0.6) is 0 Å². The number of hydrogen-bond acceptors (Lipinski definition) is 6. The molecule has 2 amide bonds. The maximum Gasteiger partial charge on any atom is 0.264 e. The minimum atomic E-state index is -3.93. The van der Waals surface area contributed by atoms with E-state index in [1.807, 2.05) is 55.5 Å². The van der Waals surface area contributed by atoms with E-state index in [9.17, 15) is 18.0 Å². The molecule has 1 heterocycles. The first-order chi connectivity index (χ1) is 18.2. The number of thioether (sulfide) groups is 1. The van der Waals surface area contributed by atoms with Crippen molar-refractivity contribution in [3.63, 3.8) is 0 Å². The molecule has 1 fully saturated rings. The maximum atomic E-state index is 12.5. The fourth-order valence-corrected chi connectivity index (χ4v) is 5.71. The predicted molar refractivity (Wildman–Crippen MR) is 151 cm³/mol. The number of amidine groups is 1. The topological polar surface area (TPSA) is 105 Å². The fraction of sp³-hybridized carbons (Fsp3) is 0.0690. The Bertz CT molecular complexity index is 1710. The normalized spacial score (nSPS) is 15.7. The van der Waals surface area contributed by atoms with Gasteiger partial charge in [-0.25, -0.2) is 18.1 Å². The molecule has 1 saturated heterocycles. The highest BCUT2D eigenvalue weighted by Gasteiger charge is 2.24. The smallest absolute Gasteiger partial charge is 0.264 e. The lowest BCUT2D eigenvalue weighted by atomic mass is 10.1. The lowest BCUT2D eigenvalue weighted by Gasteiger charge is -2.07. The number of sulfonamides is 1. The first kappa shape index (κ1) is 25.4. The highest BCUT2D eigenvalue weighted by atomic mass is 32.2. The molecule has 0 radical (unpaired) electrons. The van der Waals surface area contributed by atoms with Gasteiger partial charge in [0.25, 0.3) is 15.9 Å². The molecular weight excluding hydrogens is 518 g/mol. The average molecular weight is 542 g/mol. The summed E-state index contributed by atoms with van der Waals surface area (Å²) in [4.78, 5) is 29.9. The van der Waals surface area contributed by atoms with E-state index in [-0.39, 0.29) is 17.2 Å². The molecule has 9 heteroatoms. The molecule has 1 aliphatic rings. The number of hydrogen-bond donors (Lipinski definition) is 2. The van der Waals surface area contributed by atoms with E-state index in [1.54, 1.807) is 36.4 Å². The van der Waals surface area contributed by atoms with E-state index >= 15 is 0 Å². The molecule has 0 aliphatic carbocycles. The molecule has 4 aromatic rings. The third-order valence-electron chi connectivity index (χ3n) is 5.83. The maximum absolute atomic E-state index is 12.5. The summed E-state index contributed by atoms with van der Waals surface area (Å²) in [6, 6.07) is 27.1. The van der Waals surface area contributed by atoms with Crippen LogP contribution >= 0.6 is 11.8 Å². The molecule has 7 nitrogen and oxygen atoms in total. The summed E-state index contributed by atoms with van der Waals surface area (Å²) in [6.07, 6.45) is 1.73. The van der Waals surface area contributed by atoms with Crippen molar-refractivity contribution in [2.45, 2.75) is 18.2 Å². The molecule has 0 bridgehead atoms. The number of rotatable bonds is 6. The average Bonchev–Trinajstić information content (AvgIpc) is 3.23. The van der Waals surface area contributed by atoms with E-state index in [0.29, 0.717) is 21.3 Å². The lowest BCUT2D eigenvalue weighted by Crippen LogP contribution is -2.31. The van der Waals surface area contributed by atoms with E-state index in [2.05, 4.69) is 15.0 Å². The molecule has 190 valence electrons. The number of aliphatic imine (C=N–C) groups is 1. The molecular formula is C29H23N3O4S2. The van der Waals surface area contributed by atoms with Gasteiger partial charge in [0, 0.05) is 0 Å². The van der Waals surface area contributed by atoms with Gasteiger partial charge in [0.05, 0.1) is 21.9 Å². The Hall–Kier alpha value is -4.21. The van der Waals surface area contributed by atoms with Gasteiger partial charge in [-0.3, -0.25) is 9.59 Å². The molecule has 2 N–H and O–H groups in total. The highest BCUT2D eigenvalue weighted by molar-refractivity contribution is 8.18. The number of nitrogens with zero attached hydrogens (tertiary/aromatic N) is 1. The van der Waals surface area contributed by atoms with Crippen molar-refractivity contribution in [3.05, 3.63) is 113 Å². The van der Waals surface area contributed by atoms with Crippen molar-refractivity contribution in [1.29, 1.82) is 0 Å². The van der Waals surface area contributed by atoms with Gasteiger partial charge < -0.3 is 5.32 Å². The Morgan fingerprint density at radius 1 is 0.947 bits per heavy atom. The zero-order valence-electron chi connectivity index (χ0n) is 20.3. The number of carbonyl (C=O) groups is 2. The molecule has 5 rings (SSSR count). The van der Waals surface area contributed by atoms with Crippen LogP contribution in [-0.4, -0.2) is 25.4 Å². The third-order valence-corrected chi connectivity index (χ3v) is 8.13. The molecule has 0 spiro atoms. The second kappa shape index (κ2) is 10.6. The van der Waals surface area contributed by atoms with Gasteiger partial charge in [0.15, 0.2) is 5.17 Å².